The summed E-state index contributed by atoms with van der Waals surface area (Å²) in [5.41, 5.74) is 7.50. The molecule has 82 valence electrons. The third-order valence-corrected chi connectivity index (χ3v) is 1.56. The van der Waals surface area contributed by atoms with Gasteiger partial charge in [-0.2, -0.15) is 0 Å². The predicted octanol–water partition coefficient (Wildman–Crippen LogP) is 3.82. The van der Waals surface area contributed by atoms with E-state index in [0.29, 0.717) is 22.9 Å². The van der Waals surface area contributed by atoms with Gasteiger partial charge in [0.2, 0.25) is 0 Å². The fourth-order valence-electron chi connectivity index (χ4n) is 0.828. The van der Waals surface area contributed by atoms with Crippen LogP contribution < -0.4 is 5.73 Å². The maximum Gasteiger partial charge on any atom is 0.0401 e. The molecule has 0 unspecified atom stereocenters. The zero-order chi connectivity index (χ0) is 11.7. The van der Waals surface area contributed by atoms with Crippen molar-refractivity contribution in [2.75, 3.05) is 0 Å². The molecule has 0 aromatic heterocycles. The van der Waals surface area contributed by atoms with E-state index in [2.05, 4.69) is 0 Å². The van der Waals surface area contributed by atoms with E-state index in [9.17, 15) is 0 Å². The normalized spacial score (nSPS) is 12.6. The molecule has 0 aromatic rings. The average molecular weight is 217 g/mol. The Morgan fingerprint density at radius 2 is 1.79 bits per heavy atom. The first-order chi connectivity index (χ1) is 6.49. The minimum absolute atomic E-state index is 0.523. The molecule has 0 aliphatic rings. The van der Waals surface area contributed by atoms with E-state index in [-0.39, 0.29) is 0 Å². The van der Waals surface area contributed by atoms with Crippen LogP contribution in [0.15, 0.2) is 22.4 Å². The van der Waals surface area contributed by atoms with E-state index in [4.69, 9.17) is 22.7 Å². The fourth-order valence-corrected chi connectivity index (χ4v) is 0.937. The van der Waals surface area contributed by atoms with Crippen molar-refractivity contribution in [3.63, 3.8) is 0 Å². The molecule has 0 fully saturated rings. The van der Waals surface area contributed by atoms with Crippen LogP contribution in [0.1, 0.15) is 41.0 Å². The molecular formula is C11H21ClN2. The Hall–Kier alpha value is -0.760. The van der Waals surface area contributed by atoms with Crippen molar-refractivity contribution in [3.05, 3.63) is 22.4 Å². The van der Waals surface area contributed by atoms with E-state index in [1.807, 2.05) is 20.8 Å². The van der Waals surface area contributed by atoms with Crippen LogP contribution in [0.3, 0.4) is 0 Å². The predicted molar refractivity (Wildman–Crippen MR) is 65.9 cm³/mol. The molecule has 2 nitrogen and oxygen atoms in total. The number of hydrogen-bond donors (Lipinski definition) is 2. The Kier molecular flexibility index (Phi) is 9.89. The molecule has 3 heteroatoms. The second kappa shape index (κ2) is 8.82. The molecule has 0 rings (SSSR count). The van der Waals surface area contributed by atoms with Gasteiger partial charge < -0.3 is 11.1 Å². The van der Waals surface area contributed by atoms with Crippen molar-refractivity contribution in [1.29, 1.82) is 5.41 Å². The number of rotatable bonds is 3. The maximum absolute atomic E-state index is 7.58. The number of halogens is 1. The molecule has 0 saturated carbocycles. The quantitative estimate of drug-likeness (QED) is 0.547. The minimum Gasteiger partial charge on any atom is -0.402 e. The first kappa shape index (κ1) is 15.7. The third-order valence-electron chi connectivity index (χ3n) is 1.45. The maximum atomic E-state index is 7.58. The van der Waals surface area contributed by atoms with Gasteiger partial charge >= 0.3 is 0 Å². The third kappa shape index (κ3) is 6.72. The molecule has 0 aromatic carbocycles. The highest BCUT2D eigenvalue weighted by molar-refractivity contribution is 6.29. The van der Waals surface area contributed by atoms with Gasteiger partial charge in [-0.1, -0.05) is 32.4 Å². The molecule has 0 aliphatic carbocycles. The van der Waals surface area contributed by atoms with Gasteiger partial charge in [-0.3, -0.25) is 0 Å². The Morgan fingerprint density at radius 1 is 1.36 bits per heavy atom. The van der Waals surface area contributed by atoms with Crippen LogP contribution in [0, 0.1) is 5.41 Å². The summed E-state index contributed by atoms with van der Waals surface area (Å²) in [5.74, 6) is 0. The molecule has 14 heavy (non-hydrogen) atoms. The molecule has 0 radical (unpaired) electrons. The summed E-state index contributed by atoms with van der Waals surface area (Å²) in [7, 11) is 0. The lowest BCUT2D eigenvalue weighted by molar-refractivity contribution is 1.20. The Labute approximate surface area is 92.3 Å². The van der Waals surface area contributed by atoms with Crippen molar-refractivity contribution in [3.8, 4) is 0 Å². The molecule has 0 bridgehead atoms. The molecule has 0 amide bonds. The van der Waals surface area contributed by atoms with Crippen LogP contribution >= 0.6 is 11.6 Å². The van der Waals surface area contributed by atoms with Crippen molar-refractivity contribution in [2.24, 2.45) is 5.73 Å². The van der Waals surface area contributed by atoms with Crippen LogP contribution in [0.4, 0.5) is 0 Å². The van der Waals surface area contributed by atoms with Crippen LogP contribution in [-0.4, -0.2) is 5.71 Å². The molecule has 0 saturated heterocycles. The van der Waals surface area contributed by atoms with Crippen LogP contribution in [0.2, 0.25) is 0 Å². The van der Waals surface area contributed by atoms with Crippen molar-refractivity contribution < 1.29 is 0 Å². The summed E-state index contributed by atoms with van der Waals surface area (Å²) < 4.78 is 0. The summed E-state index contributed by atoms with van der Waals surface area (Å²) in [4.78, 5) is 0. The van der Waals surface area contributed by atoms with Gasteiger partial charge in [0.15, 0.2) is 0 Å². The first-order valence-electron chi connectivity index (χ1n) is 4.87. The topological polar surface area (TPSA) is 49.9 Å². The lowest BCUT2D eigenvalue weighted by atomic mass is 10.1. The summed E-state index contributed by atoms with van der Waals surface area (Å²) in [6.07, 6.45) is 2.40. The number of hydrogen-bond acceptors (Lipinski definition) is 2. The molecular weight excluding hydrogens is 196 g/mol. The second-order valence-electron chi connectivity index (χ2n) is 2.66. The van der Waals surface area contributed by atoms with E-state index in [1.165, 1.54) is 0 Å². The summed E-state index contributed by atoms with van der Waals surface area (Å²) in [5, 5.41) is 8.22. The van der Waals surface area contributed by atoms with Gasteiger partial charge in [0.05, 0.1) is 0 Å². The standard InChI is InChI=1S/C9H15ClN2.C2H6/c1-4-9(12)8(7(3)11)5-6(2)10;1-2/h5,12H,4,11H2,1-3H3;1-2H3/b6-5+,8-7-,12-9?;. The van der Waals surface area contributed by atoms with E-state index < -0.39 is 0 Å². The van der Waals surface area contributed by atoms with E-state index in [0.717, 1.165) is 5.57 Å². The summed E-state index contributed by atoms with van der Waals surface area (Å²) in [6, 6.07) is 0. The molecule has 3 N–H and O–H groups in total. The highest BCUT2D eigenvalue weighted by Crippen LogP contribution is 2.11. The highest BCUT2D eigenvalue weighted by atomic mass is 35.5. The van der Waals surface area contributed by atoms with E-state index >= 15 is 0 Å². The lowest BCUT2D eigenvalue weighted by Crippen LogP contribution is -2.05. The lowest BCUT2D eigenvalue weighted by Gasteiger charge is -2.04. The minimum atomic E-state index is 0.523. The molecule has 0 aliphatic heterocycles. The number of nitrogens with one attached hydrogen (secondary N) is 1. The number of allylic oxidation sites excluding steroid dienone is 4. The van der Waals surface area contributed by atoms with Crippen molar-refractivity contribution in [1.82, 2.24) is 0 Å². The molecule has 0 heterocycles. The van der Waals surface area contributed by atoms with Gasteiger partial charge in [0.1, 0.15) is 0 Å². The van der Waals surface area contributed by atoms with Crippen LogP contribution in [-0.2, 0) is 0 Å². The fraction of sp³-hybridized carbons (Fsp3) is 0.545. The van der Waals surface area contributed by atoms with Gasteiger partial charge in [-0.05, 0) is 26.3 Å². The zero-order valence-corrected chi connectivity index (χ0v) is 10.5. The summed E-state index contributed by atoms with van der Waals surface area (Å²) >= 11 is 5.69. The monoisotopic (exact) mass is 216 g/mol. The van der Waals surface area contributed by atoms with Gasteiger partial charge in [0.25, 0.3) is 0 Å². The van der Waals surface area contributed by atoms with Gasteiger partial charge in [0, 0.05) is 22.0 Å². The Bertz CT molecular complexity index is 232. The average Bonchev–Trinajstić information content (AvgIpc) is 2.15. The largest absolute Gasteiger partial charge is 0.402 e. The van der Waals surface area contributed by atoms with Crippen LogP contribution in [0.25, 0.3) is 0 Å². The number of nitrogens with two attached hydrogens (primary N) is 1. The highest BCUT2D eigenvalue weighted by Gasteiger charge is 2.02. The Balaban J connectivity index is 0. The Morgan fingerprint density at radius 3 is 2.00 bits per heavy atom. The first-order valence-corrected chi connectivity index (χ1v) is 5.24. The molecule has 0 atom stereocenters. The van der Waals surface area contributed by atoms with Crippen molar-refractivity contribution >= 4 is 17.3 Å². The van der Waals surface area contributed by atoms with E-state index in [1.54, 1.807) is 19.9 Å². The van der Waals surface area contributed by atoms with Gasteiger partial charge in [-0.15, -0.1) is 0 Å². The SMILES string of the molecule is CC.CCC(=N)C(/C=C(\C)Cl)=C(/C)N. The summed E-state index contributed by atoms with van der Waals surface area (Å²) in [6.45, 7) is 9.46. The van der Waals surface area contributed by atoms with Crippen molar-refractivity contribution in [2.45, 2.75) is 41.0 Å². The molecule has 0 spiro atoms. The van der Waals surface area contributed by atoms with Crippen LogP contribution in [0.5, 0.6) is 0 Å². The van der Waals surface area contributed by atoms with Gasteiger partial charge in [-0.25, -0.2) is 0 Å². The zero-order valence-electron chi connectivity index (χ0n) is 9.74. The second-order valence-corrected chi connectivity index (χ2v) is 3.26. The smallest absolute Gasteiger partial charge is 0.0401 e.